The van der Waals surface area contributed by atoms with Gasteiger partial charge in [0.15, 0.2) is 0 Å². The number of hydrogen-bond donors (Lipinski definition) is 1. The van der Waals surface area contributed by atoms with Gasteiger partial charge >= 0.3 is 12.2 Å². The summed E-state index contributed by atoms with van der Waals surface area (Å²) >= 11 is 3.03. The van der Waals surface area contributed by atoms with E-state index in [-0.39, 0.29) is 5.56 Å². The molecule has 1 fully saturated rings. The molecule has 21 heavy (non-hydrogen) atoms. The minimum Gasteiger partial charge on any atom is -0.316 e. The van der Waals surface area contributed by atoms with E-state index < -0.39 is 36.0 Å². The highest BCUT2D eigenvalue weighted by Crippen LogP contribution is 2.35. The molecule has 114 valence electrons. The van der Waals surface area contributed by atoms with E-state index in [0.717, 1.165) is 6.07 Å². The normalized spacial score (nSPS) is 22.7. The highest BCUT2D eigenvalue weighted by atomic mass is 79.9. The lowest BCUT2D eigenvalue weighted by Gasteiger charge is -2.24. The van der Waals surface area contributed by atoms with Crippen molar-refractivity contribution in [3.8, 4) is 0 Å². The monoisotopic (exact) mass is 368 g/mol. The minimum absolute atomic E-state index is 0.0619. The average molecular weight is 369 g/mol. The second-order valence-electron chi connectivity index (χ2n) is 4.68. The molecule has 0 aromatic heterocycles. The van der Waals surface area contributed by atoms with Crippen molar-refractivity contribution in [1.82, 2.24) is 10.2 Å². The lowest BCUT2D eigenvalue weighted by Crippen LogP contribution is -2.56. The van der Waals surface area contributed by atoms with Gasteiger partial charge in [-0.05, 0) is 19.1 Å². The zero-order chi connectivity index (χ0) is 16.0. The van der Waals surface area contributed by atoms with Gasteiger partial charge in [0.25, 0.3) is 5.91 Å². The SMILES string of the molecule is CC1(C(F)(F)F)NC(=O)N(Cc2ccc(Br)cc2F)C1=O. The first kappa shape index (κ1) is 15.7. The first-order valence-corrected chi connectivity index (χ1v) is 6.50. The third-order valence-corrected chi connectivity index (χ3v) is 3.68. The van der Waals surface area contributed by atoms with Crippen LogP contribution in [0, 0.1) is 5.82 Å². The fraction of sp³-hybridized carbons (Fsp3) is 0.333. The molecule has 1 unspecified atom stereocenters. The summed E-state index contributed by atoms with van der Waals surface area (Å²) in [5.74, 6) is -2.19. The average Bonchev–Trinajstić information content (AvgIpc) is 2.56. The maximum absolute atomic E-state index is 13.7. The number of imide groups is 1. The summed E-state index contributed by atoms with van der Waals surface area (Å²) in [4.78, 5) is 23.8. The maximum atomic E-state index is 13.7. The molecule has 2 rings (SSSR count). The van der Waals surface area contributed by atoms with E-state index in [1.165, 1.54) is 12.1 Å². The quantitative estimate of drug-likeness (QED) is 0.644. The van der Waals surface area contributed by atoms with Gasteiger partial charge in [0.1, 0.15) is 5.82 Å². The molecule has 1 heterocycles. The van der Waals surface area contributed by atoms with Crippen molar-refractivity contribution in [3.05, 3.63) is 34.1 Å². The standard InChI is InChI=1S/C12H9BrF4N2O2/c1-11(12(15,16)17)9(20)19(10(21)18-11)5-6-2-3-7(13)4-8(6)14/h2-4H,5H2,1H3,(H,18,21). The van der Waals surface area contributed by atoms with Gasteiger partial charge in [-0.3, -0.25) is 9.69 Å². The Balaban J connectivity index is 2.30. The molecule has 0 aliphatic carbocycles. The summed E-state index contributed by atoms with van der Waals surface area (Å²) in [7, 11) is 0. The molecule has 0 saturated carbocycles. The second-order valence-corrected chi connectivity index (χ2v) is 5.60. The van der Waals surface area contributed by atoms with Crippen LogP contribution in [0.5, 0.6) is 0 Å². The summed E-state index contributed by atoms with van der Waals surface area (Å²) in [5, 5.41) is 1.60. The summed E-state index contributed by atoms with van der Waals surface area (Å²) in [6.45, 7) is 0.000617. The van der Waals surface area contributed by atoms with Crippen molar-refractivity contribution in [2.24, 2.45) is 0 Å². The van der Waals surface area contributed by atoms with Crippen LogP contribution in [0.1, 0.15) is 12.5 Å². The highest BCUT2D eigenvalue weighted by molar-refractivity contribution is 9.10. The molecule has 0 radical (unpaired) electrons. The Kier molecular flexibility index (Phi) is 3.73. The number of nitrogens with zero attached hydrogens (tertiary/aromatic N) is 1. The minimum atomic E-state index is -4.94. The van der Waals surface area contributed by atoms with E-state index in [1.54, 1.807) is 5.32 Å². The molecule has 0 spiro atoms. The van der Waals surface area contributed by atoms with Crippen molar-refractivity contribution < 1.29 is 27.2 Å². The van der Waals surface area contributed by atoms with Crippen LogP contribution in [-0.2, 0) is 11.3 Å². The Morgan fingerprint density at radius 1 is 1.33 bits per heavy atom. The van der Waals surface area contributed by atoms with Crippen molar-refractivity contribution in [1.29, 1.82) is 0 Å². The number of carbonyl (C=O) groups excluding carboxylic acids is 2. The second kappa shape index (κ2) is 4.97. The zero-order valence-electron chi connectivity index (χ0n) is 10.6. The number of hydrogen-bond acceptors (Lipinski definition) is 2. The van der Waals surface area contributed by atoms with E-state index in [0.29, 0.717) is 16.3 Å². The molecule has 9 heteroatoms. The van der Waals surface area contributed by atoms with Gasteiger partial charge in [-0.15, -0.1) is 0 Å². The number of nitrogens with one attached hydrogen (secondary N) is 1. The third-order valence-electron chi connectivity index (χ3n) is 3.19. The largest absolute Gasteiger partial charge is 0.420 e. The van der Waals surface area contributed by atoms with Gasteiger partial charge < -0.3 is 5.32 Å². The Labute approximate surface area is 125 Å². The van der Waals surface area contributed by atoms with E-state index in [2.05, 4.69) is 15.9 Å². The van der Waals surface area contributed by atoms with Gasteiger partial charge in [0, 0.05) is 10.0 Å². The van der Waals surface area contributed by atoms with Crippen LogP contribution in [0.2, 0.25) is 0 Å². The van der Waals surface area contributed by atoms with Crippen LogP contribution in [0.25, 0.3) is 0 Å². The van der Waals surface area contributed by atoms with Gasteiger partial charge in [0.05, 0.1) is 6.54 Å². The maximum Gasteiger partial charge on any atom is 0.420 e. The van der Waals surface area contributed by atoms with Gasteiger partial charge in [-0.25, -0.2) is 9.18 Å². The van der Waals surface area contributed by atoms with Gasteiger partial charge in [-0.2, -0.15) is 13.2 Å². The van der Waals surface area contributed by atoms with E-state index in [1.807, 2.05) is 0 Å². The molecule has 1 atom stereocenters. The predicted molar refractivity (Wildman–Crippen MR) is 67.6 cm³/mol. The van der Waals surface area contributed by atoms with Crippen LogP contribution >= 0.6 is 15.9 Å². The molecule has 0 bridgehead atoms. The van der Waals surface area contributed by atoms with E-state index in [9.17, 15) is 27.2 Å². The molecule has 4 nitrogen and oxygen atoms in total. The van der Waals surface area contributed by atoms with Gasteiger partial charge in [0.2, 0.25) is 5.54 Å². The Hall–Kier alpha value is -1.64. The Morgan fingerprint density at radius 2 is 1.95 bits per heavy atom. The third kappa shape index (κ3) is 2.61. The van der Waals surface area contributed by atoms with Crippen LogP contribution in [0.3, 0.4) is 0 Å². The van der Waals surface area contributed by atoms with E-state index in [4.69, 9.17) is 0 Å². The number of rotatable bonds is 2. The number of urea groups is 1. The number of carbonyl (C=O) groups is 2. The molecule has 1 aromatic rings. The topological polar surface area (TPSA) is 49.4 Å². The molecule has 3 amide bonds. The first-order valence-electron chi connectivity index (χ1n) is 5.71. The summed E-state index contributed by atoms with van der Waals surface area (Å²) < 4.78 is 52.7. The fourth-order valence-electron chi connectivity index (χ4n) is 1.85. The summed E-state index contributed by atoms with van der Waals surface area (Å²) in [6, 6.07) is 2.63. The van der Waals surface area contributed by atoms with Crippen molar-refractivity contribution in [3.63, 3.8) is 0 Å². The lowest BCUT2D eigenvalue weighted by molar-refractivity contribution is -0.191. The Bertz CT molecular complexity index is 620. The molecule has 1 aliphatic heterocycles. The first-order chi connectivity index (χ1) is 9.56. The lowest BCUT2D eigenvalue weighted by atomic mass is 10.0. The van der Waals surface area contributed by atoms with Crippen LogP contribution in [0.4, 0.5) is 22.4 Å². The zero-order valence-corrected chi connectivity index (χ0v) is 12.2. The predicted octanol–water partition coefficient (Wildman–Crippen LogP) is 2.96. The Morgan fingerprint density at radius 3 is 2.43 bits per heavy atom. The van der Waals surface area contributed by atoms with Crippen molar-refractivity contribution in [2.75, 3.05) is 0 Å². The molecular formula is C12H9BrF4N2O2. The number of alkyl halides is 3. The van der Waals surface area contributed by atoms with Crippen LogP contribution in [0.15, 0.2) is 22.7 Å². The molecule has 1 saturated heterocycles. The summed E-state index contributed by atoms with van der Waals surface area (Å²) in [5.41, 5.74) is -3.05. The summed E-state index contributed by atoms with van der Waals surface area (Å²) in [6.07, 6.45) is -4.94. The molecule has 1 aliphatic rings. The highest BCUT2D eigenvalue weighted by Gasteiger charge is 2.64. The molecular weight excluding hydrogens is 360 g/mol. The van der Waals surface area contributed by atoms with Crippen molar-refractivity contribution in [2.45, 2.75) is 25.2 Å². The van der Waals surface area contributed by atoms with E-state index >= 15 is 0 Å². The molecule has 1 N–H and O–H groups in total. The molecule has 1 aromatic carbocycles. The van der Waals surface area contributed by atoms with Gasteiger partial charge in [-0.1, -0.05) is 22.0 Å². The van der Waals surface area contributed by atoms with Crippen LogP contribution < -0.4 is 5.32 Å². The van der Waals surface area contributed by atoms with Crippen molar-refractivity contribution >= 4 is 27.9 Å². The smallest absolute Gasteiger partial charge is 0.316 e. The fourth-order valence-corrected chi connectivity index (χ4v) is 2.19. The number of amides is 3. The number of benzene rings is 1. The van der Waals surface area contributed by atoms with Crippen LogP contribution in [-0.4, -0.2) is 28.6 Å². The number of halogens is 5.